The molecule has 0 saturated carbocycles. The fraction of sp³-hybridized carbons (Fsp3) is 0.333. The van der Waals surface area contributed by atoms with Gasteiger partial charge in [-0.15, -0.1) is 11.3 Å². The molecule has 0 N–H and O–H groups in total. The molecular formula is C21H22O6S. The third-order valence-corrected chi connectivity index (χ3v) is 5.44. The number of esters is 2. The van der Waals surface area contributed by atoms with E-state index in [0.29, 0.717) is 6.61 Å². The number of carbonyl (C=O) groups is 2. The second-order valence-electron chi connectivity index (χ2n) is 6.16. The van der Waals surface area contributed by atoms with Crippen molar-refractivity contribution in [1.82, 2.24) is 0 Å². The topological polar surface area (TPSA) is 71.1 Å². The normalized spacial score (nSPS) is 19.1. The van der Waals surface area contributed by atoms with Gasteiger partial charge < -0.3 is 18.9 Å². The minimum absolute atomic E-state index is 0.0723. The molecule has 0 radical (unpaired) electrons. The van der Waals surface area contributed by atoms with E-state index in [0.717, 1.165) is 22.4 Å². The van der Waals surface area contributed by atoms with Crippen LogP contribution in [0.15, 0.2) is 29.6 Å². The van der Waals surface area contributed by atoms with Crippen LogP contribution < -0.4 is 0 Å². The molecule has 1 aliphatic rings. The van der Waals surface area contributed by atoms with Gasteiger partial charge in [-0.2, -0.15) is 0 Å². The average molecular weight is 402 g/mol. The van der Waals surface area contributed by atoms with Crippen LogP contribution in [0.5, 0.6) is 0 Å². The van der Waals surface area contributed by atoms with E-state index < -0.39 is 11.9 Å². The average Bonchev–Trinajstić information content (AvgIpc) is 3.39. The van der Waals surface area contributed by atoms with Crippen LogP contribution in [0.3, 0.4) is 0 Å². The molecule has 0 spiro atoms. The Balaban J connectivity index is 1.85. The molecule has 0 aliphatic carbocycles. The van der Waals surface area contributed by atoms with Gasteiger partial charge in [-0.1, -0.05) is 25.1 Å². The number of thiophene rings is 1. The molecule has 1 fully saturated rings. The van der Waals surface area contributed by atoms with Crippen molar-refractivity contribution in [3.05, 3.63) is 56.8 Å². The third kappa shape index (κ3) is 4.32. The molecule has 0 bridgehead atoms. The summed E-state index contributed by atoms with van der Waals surface area (Å²) in [6.45, 7) is 2.57. The van der Waals surface area contributed by atoms with E-state index >= 15 is 0 Å². The van der Waals surface area contributed by atoms with E-state index in [4.69, 9.17) is 18.9 Å². The molecule has 1 aromatic carbocycles. The van der Waals surface area contributed by atoms with Crippen molar-refractivity contribution in [3.63, 3.8) is 0 Å². The Hall–Kier alpha value is -2.48. The summed E-state index contributed by atoms with van der Waals surface area (Å²) in [6, 6.07) is 6.95. The molecule has 7 heteroatoms. The Morgan fingerprint density at radius 3 is 2.57 bits per heavy atom. The van der Waals surface area contributed by atoms with Crippen LogP contribution in [0, 0.1) is 0 Å². The molecular weight excluding hydrogens is 380 g/mol. The van der Waals surface area contributed by atoms with Crippen LogP contribution in [0.25, 0.3) is 12.2 Å². The highest BCUT2D eigenvalue weighted by Crippen LogP contribution is 2.34. The molecule has 2 heterocycles. The molecule has 2 aromatic rings. The number of carbonyl (C=O) groups excluding carboxylic acids is 2. The van der Waals surface area contributed by atoms with Crippen molar-refractivity contribution >= 4 is 35.4 Å². The molecule has 6 nitrogen and oxygen atoms in total. The maximum Gasteiger partial charge on any atom is 0.338 e. The summed E-state index contributed by atoms with van der Waals surface area (Å²) in [7, 11) is 2.55. The lowest BCUT2D eigenvalue weighted by molar-refractivity contribution is -0.0587. The maximum atomic E-state index is 12.0. The summed E-state index contributed by atoms with van der Waals surface area (Å²) < 4.78 is 21.0. The standard InChI is InChI=1S/C21H22O6S/c1-4-18-26-12-17(27-18)19-14(9-10-28-19)7-5-13-6-8-15(20(22)24-2)16(11-13)21(23)25-3/h5-11,17-18H,4,12H2,1-3H3/b7-5+. The molecule has 28 heavy (non-hydrogen) atoms. The zero-order valence-corrected chi connectivity index (χ0v) is 16.8. The molecule has 148 valence electrons. The number of hydrogen-bond donors (Lipinski definition) is 0. The van der Waals surface area contributed by atoms with E-state index in [9.17, 15) is 9.59 Å². The van der Waals surface area contributed by atoms with Gasteiger partial charge in [0.2, 0.25) is 0 Å². The highest BCUT2D eigenvalue weighted by atomic mass is 32.1. The van der Waals surface area contributed by atoms with Gasteiger partial charge in [0.25, 0.3) is 0 Å². The number of benzene rings is 1. The van der Waals surface area contributed by atoms with Gasteiger partial charge in [-0.05, 0) is 41.1 Å². The molecule has 0 amide bonds. The lowest BCUT2D eigenvalue weighted by atomic mass is 10.0. The summed E-state index contributed by atoms with van der Waals surface area (Å²) >= 11 is 1.62. The van der Waals surface area contributed by atoms with Gasteiger partial charge in [0, 0.05) is 4.88 Å². The second-order valence-corrected chi connectivity index (χ2v) is 7.11. The lowest BCUT2D eigenvalue weighted by Gasteiger charge is -2.09. The number of rotatable bonds is 6. The van der Waals surface area contributed by atoms with Crippen molar-refractivity contribution in [2.24, 2.45) is 0 Å². The highest BCUT2D eigenvalue weighted by Gasteiger charge is 2.28. The van der Waals surface area contributed by atoms with Gasteiger partial charge >= 0.3 is 11.9 Å². The van der Waals surface area contributed by atoms with Crippen LogP contribution in [0.4, 0.5) is 0 Å². The van der Waals surface area contributed by atoms with Crippen molar-refractivity contribution in [1.29, 1.82) is 0 Å². The van der Waals surface area contributed by atoms with Crippen molar-refractivity contribution in [2.45, 2.75) is 25.7 Å². The van der Waals surface area contributed by atoms with Gasteiger partial charge in [-0.3, -0.25) is 0 Å². The summed E-state index contributed by atoms with van der Waals surface area (Å²) in [4.78, 5) is 25.0. The third-order valence-electron chi connectivity index (χ3n) is 4.41. The van der Waals surface area contributed by atoms with Crippen LogP contribution in [0.1, 0.15) is 56.2 Å². The first-order chi connectivity index (χ1) is 13.6. The zero-order chi connectivity index (χ0) is 20.1. The molecule has 1 aromatic heterocycles. The maximum absolute atomic E-state index is 12.0. The minimum atomic E-state index is -0.589. The Morgan fingerprint density at radius 1 is 1.14 bits per heavy atom. The number of methoxy groups -OCH3 is 2. The Bertz CT molecular complexity index is 885. The molecule has 1 saturated heterocycles. The first-order valence-electron chi connectivity index (χ1n) is 8.90. The molecule has 2 atom stereocenters. The number of ether oxygens (including phenoxy) is 4. The van der Waals surface area contributed by atoms with Crippen LogP contribution in [-0.4, -0.2) is 39.1 Å². The van der Waals surface area contributed by atoms with E-state index in [1.807, 2.05) is 30.5 Å². The smallest absolute Gasteiger partial charge is 0.338 e. The first-order valence-corrected chi connectivity index (χ1v) is 9.78. The van der Waals surface area contributed by atoms with E-state index in [2.05, 4.69) is 0 Å². The molecule has 3 rings (SSSR count). The van der Waals surface area contributed by atoms with E-state index in [1.165, 1.54) is 14.2 Å². The first kappa shape index (κ1) is 20.3. The predicted octanol–water partition coefficient (Wildman–Crippen LogP) is 4.32. The lowest BCUT2D eigenvalue weighted by Crippen LogP contribution is -2.11. The summed E-state index contributed by atoms with van der Waals surface area (Å²) in [5, 5.41) is 2.01. The summed E-state index contributed by atoms with van der Waals surface area (Å²) in [5.41, 5.74) is 2.14. The Kier molecular flexibility index (Phi) is 6.61. The van der Waals surface area contributed by atoms with Crippen LogP contribution >= 0.6 is 11.3 Å². The fourth-order valence-electron chi connectivity index (χ4n) is 2.96. The van der Waals surface area contributed by atoms with E-state index in [1.54, 1.807) is 29.5 Å². The predicted molar refractivity (Wildman–Crippen MR) is 106 cm³/mol. The minimum Gasteiger partial charge on any atom is -0.465 e. The van der Waals surface area contributed by atoms with Crippen molar-refractivity contribution < 1.29 is 28.5 Å². The van der Waals surface area contributed by atoms with Crippen LogP contribution in [-0.2, 0) is 18.9 Å². The summed E-state index contributed by atoms with van der Waals surface area (Å²) in [6.07, 6.45) is 4.43. The van der Waals surface area contributed by atoms with Gasteiger partial charge in [0.05, 0.1) is 32.0 Å². The molecule has 1 aliphatic heterocycles. The summed E-state index contributed by atoms with van der Waals surface area (Å²) in [5.74, 6) is -1.17. The van der Waals surface area contributed by atoms with Crippen LogP contribution in [0.2, 0.25) is 0 Å². The monoisotopic (exact) mass is 402 g/mol. The molecule has 2 unspecified atom stereocenters. The quantitative estimate of drug-likeness (QED) is 0.671. The largest absolute Gasteiger partial charge is 0.465 e. The zero-order valence-electron chi connectivity index (χ0n) is 16.0. The van der Waals surface area contributed by atoms with Gasteiger partial charge in [-0.25, -0.2) is 9.59 Å². The van der Waals surface area contributed by atoms with E-state index in [-0.39, 0.29) is 23.5 Å². The Labute approximate surface area is 167 Å². The van der Waals surface area contributed by atoms with Gasteiger partial charge in [0.15, 0.2) is 6.29 Å². The second kappa shape index (κ2) is 9.14. The van der Waals surface area contributed by atoms with Gasteiger partial charge in [0.1, 0.15) is 6.10 Å². The SMILES string of the molecule is CCC1OCC(c2sccc2/C=C/c2ccc(C(=O)OC)c(C(=O)OC)c2)O1. The van der Waals surface area contributed by atoms with Crippen molar-refractivity contribution in [2.75, 3.05) is 20.8 Å². The fourth-order valence-corrected chi connectivity index (χ4v) is 3.87. The van der Waals surface area contributed by atoms with Crippen molar-refractivity contribution in [3.8, 4) is 0 Å². The Morgan fingerprint density at radius 2 is 1.89 bits per heavy atom. The highest BCUT2D eigenvalue weighted by molar-refractivity contribution is 7.10. The number of hydrogen-bond acceptors (Lipinski definition) is 7.